The van der Waals surface area contributed by atoms with Gasteiger partial charge in [0, 0.05) is 31.4 Å². The summed E-state index contributed by atoms with van der Waals surface area (Å²) in [7, 11) is 0. The molecule has 21 heavy (non-hydrogen) atoms. The molecule has 1 saturated heterocycles. The first kappa shape index (κ1) is 15.7. The third-order valence-corrected chi connectivity index (χ3v) is 3.73. The molecule has 1 amide bonds. The molecule has 1 aliphatic heterocycles. The van der Waals surface area contributed by atoms with Crippen molar-refractivity contribution in [1.29, 1.82) is 0 Å². The molecule has 2 heterocycles. The van der Waals surface area contributed by atoms with Crippen molar-refractivity contribution >= 4 is 6.09 Å². The Morgan fingerprint density at radius 3 is 2.86 bits per heavy atom. The highest BCUT2D eigenvalue weighted by molar-refractivity contribution is 5.67. The zero-order chi connectivity index (χ0) is 15.2. The summed E-state index contributed by atoms with van der Waals surface area (Å²) in [6.07, 6.45) is 4.37. The minimum absolute atomic E-state index is 0.0346. The lowest BCUT2D eigenvalue weighted by atomic mass is 10.0. The van der Waals surface area contributed by atoms with Crippen molar-refractivity contribution in [3.8, 4) is 0 Å². The molecule has 0 spiro atoms. The lowest BCUT2D eigenvalue weighted by molar-refractivity contribution is 0.0943. The van der Waals surface area contributed by atoms with Crippen LogP contribution < -0.4 is 5.32 Å². The van der Waals surface area contributed by atoms with Crippen molar-refractivity contribution in [2.45, 2.75) is 38.8 Å². The molecule has 5 nitrogen and oxygen atoms in total. The van der Waals surface area contributed by atoms with Crippen LogP contribution in [0.2, 0.25) is 0 Å². The monoisotopic (exact) mass is 295 g/mol. The van der Waals surface area contributed by atoms with Crippen molar-refractivity contribution in [1.82, 2.24) is 15.2 Å². The molecule has 0 bridgehead atoms. The van der Waals surface area contributed by atoms with E-state index >= 15 is 0 Å². The molecule has 0 saturated carbocycles. The minimum atomic E-state index is -0.321. The fourth-order valence-corrected chi connectivity index (χ4v) is 2.56. The van der Waals surface area contributed by atoms with Crippen LogP contribution in [-0.4, -0.2) is 41.7 Å². The molecular weight excluding hydrogens is 273 g/mol. The predicted molar refractivity (Wildman–Crippen MR) is 77.4 cm³/mol. The third kappa shape index (κ3) is 4.39. The SMILES string of the molecule is CCOC(=O)N1CCC(NC(C)c2cncc(F)c2)CC1. The maximum atomic E-state index is 13.2. The van der Waals surface area contributed by atoms with Gasteiger partial charge < -0.3 is 15.0 Å². The summed E-state index contributed by atoms with van der Waals surface area (Å²) >= 11 is 0. The van der Waals surface area contributed by atoms with Gasteiger partial charge in [-0.05, 0) is 38.3 Å². The van der Waals surface area contributed by atoms with Gasteiger partial charge in [0.2, 0.25) is 0 Å². The largest absolute Gasteiger partial charge is 0.450 e. The highest BCUT2D eigenvalue weighted by atomic mass is 19.1. The minimum Gasteiger partial charge on any atom is -0.450 e. The molecule has 6 heteroatoms. The lowest BCUT2D eigenvalue weighted by Gasteiger charge is -2.33. The van der Waals surface area contributed by atoms with E-state index in [9.17, 15) is 9.18 Å². The molecular formula is C15H22FN3O2. The third-order valence-electron chi connectivity index (χ3n) is 3.73. The molecule has 1 aromatic rings. The summed E-state index contributed by atoms with van der Waals surface area (Å²) in [5.41, 5.74) is 0.836. The first-order chi connectivity index (χ1) is 10.1. The number of pyridine rings is 1. The Bertz CT molecular complexity index is 476. The molecule has 0 aliphatic carbocycles. The van der Waals surface area contributed by atoms with Crippen LogP contribution in [0.1, 0.15) is 38.3 Å². The number of carbonyl (C=O) groups is 1. The number of halogens is 1. The van der Waals surface area contributed by atoms with Gasteiger partial charge in [0.15, 0.2) is 0 Å². The van der Waals surface area contributed by atoms with E-state index in [4.69, 9.17) is 4.74 Å². The van der Waals surface area contributed by atoms with Gasteiger partial charge in [0.25, 0.3) is 0 Å². The van der Waals surface area contributed by atoms with Crippen LogP contribution in [0.4, 0.5) is 9.18 Å². The van der Waals surface area contributed by atoms with Gasteiger partial charge in [-0.25, -0.2) is 9.18 Å². The maximum absolute atomic E-state index is 13.2. The number of nitrogens with zero attached hydrogens (tertiary/aromatic N) is 2. The Morgan fingerprint density at radius 1 is 1.52 bits per heavy atom. The number of nitrogens with one attached hydrogen (secondary N) is 1. The first-order valence-corrected chi connectivity index (χ1v) is 7.38. The fraction of sp³-hybridized carbons (Fsp3) is 0.600. The van der Waals surface area contributed by atoms with Crippen LogP contribution in [0.25, 0.3) is 0 Å². The van der Waals surface area contributed by atoms with E-state index < -0.39 is 0 Å². The zero-order valence-electron chi connectivity index (χ0n) is 12.5. The van der Waals surface area contributed by atoms with E-state index in [1.54, 1.807) is 18.0 Å². The summed E-state index contributed by atoms with van der Waals surface area (Å²) in [6.45, 7) is 5.57. The van der Waals surface area contributed by atoms with Crippen LogP contribution in [0.15, 0.2) is 18.5 Å². The molecule has 1 unspecified atom stereocenters. The number of aromatic nitrogens is 1. The normalized spacial score (nSPS) is 17.6. The van der Waals surface area contributed by atoms with Gasteiger partial charge in [0.1, 0.15) is 5.82 Å². The van der Waals surface area contributed by atoms with E-state index in [1.165, 1.54) is 12.3 Å². The first-order valence-electron chi connectivity index (χ1n) is 7.38. The molecule has 2 rings (SSSR count). The Morgan fingerprint density at radius 2 is 2.24 bits per heavy atom. The second-order valence-electron chi connectivity index (χ2n) is 5.29. The van der Waals surface area contributed by atoms with Crippen molar-refractivity contribution in [3.05, 3.63) is 29.8 Å². The maximum Gasteiger partial charge on any atom is 0.409 e. The summed E-state index contributed by atoms with van der Waals surface area (Å²) < 4.78 is 18.2. The van der Waals surface area contributed by atoms with Crippen molar-refractivity contribution in [2.24, 2.45) is 0 Å². The average molecular weight is 295 g/mol. The topological polar surface area (TPSA) is 54.5 Å². The number of piperidine rings is 1. The molecule has 1 aromatic heterocycles. The number of ether oxygens (including phenoxy) is 1. The number of carbonyl (C=O) groups excluding carboxylic acids is 1. The molecule has 116 valence electrons. The Kier molecular flexibility index (Phi) is 5.50. The number of amides is 1. The van der Waals surface area contributed by atoms with Gasteiger partial charge in [0.05, 0.1) is 12.8 Å². The highest BCUT2D eigenvalue weighted by Crippen LogP contribution is 2.17. The van der Waals surface area contributed by atoms with Crippen LogP contribution in [0.3, 0.4) is 0 Å². The second kappa shape index (κ2) is 7.36. The molecule has 1 fully saturated rings. The molecule has 0 aromatic carbocycles. The standard InChI is InChI=1S/C15H22FN3O2/c1-3-21-15(20)19-6-4-14(5-7-19)18-11(2)12-8-13(16)10-17-9-12/h8-11,14,18H,3-7H2,1-2H3. The van der Waals surface area contributed by atoms with Gasteiger partial charge >= 0.3 is 6.09 Å². The van der Waals surface area contributed by atoms with Crippen LogP contribution in [-0.2, 0) is 4.74 Å². The van der Waals surface area contributed by atoms with E-state index in [-0.39, 0.29) is 18.0 Å². The molecule has 1 atom stereocenters. The Balaban J connectivity index is 1.82. The quantitative estimate of drug-likeness (QED) is 0.927. The highest BCUT2D eigenvalue weighted by Gasteiger charge is 2.24. The average Bonchev–Trinajstić information content (AvgIpc) is 2.48. The zero-order valence-corrected chi connectivity index (χ0v) is 12.5. The Hall–Kier alpha value is -1.69. The summed E-state index contributed by atoms with van der Waals surface area (Å²) in [5, 5.41) is 3.47. The summed E-state index contributed by atoms with van der Waals surface area (Å²) in [5.74, 6) is -0.321. The van der Waals surface area contributed by atoms with Crippen LogP contribution in [0, 0.1) is 5.82 Å². The lowest BCUT2D eigenvalue weighted by Crippen LogP contribution is -2.45. The number of hydrogen-bond donors (Lipinski definition) is 1. The number of likely N-dealkylation sites (tertiary alicyclic amines) is 1. The second-order valence-corrected chi connectivity index (χ2v) is 5.29. The number of hydrogen-bond acceptors (Lipinski definition) is 4. The van der Waals surface area contributed by atoms with Gasteiger partial charge in [-0.2, -0.15) is 0 Å². The predicted octanol–water partition coefficient (Wildman–Crippen LogP) is 2.49. The van der Waals surface area contributed by atoms with Crippen LogP contribution >= 0.6 is 0 Å². The van der Waals surface area contributed by atoms with Crippen molar-refractivity contribution in [3.63, 3.8) is 0 Å². The Labute approximate surface area is 124 Å². The van der Waals surface area contributed by atoms with E-state index in [1.807, 2.05) is 6.92 Å². The van der Waals surface area contributed by atoms with E-state index in [0.717, 1.165) is 18.4 Å². The van der Waals surface area contributed by atoms with E-state index in [2.05, 4.69) is 10.3 Å². The summed E-state index contributed by atoms with van der Waals surface area (Å²) in [6, 6.07) is 1.85. The fourth-order valence-electron chi connectivity index (χ4n) is 2.56. The van der Waals surface area contributed by atoms with E-state index in [0.29, 0.717) is 25.7 Å². The van der Waals surface area contributed by atoms with Gasteiger partial charge in [-0.3, -0.25) is 4.98 Å². The van der Waals surface area contributed by atoms with Crippen molar-refractivity contribution < 1.29 is 13.9 Å². The summed E-state index contributed by atoms with van der Waals surface area (Å²) in [4.78, 5) is 17.2. The molecule has 0 radical (unpaired) electrons. The molecule has 1 aliphatic rings. The van der Waals surface area contributed by atoms with Crippen molar-refractivity contribution in [2.75, 3.05) is 19.7 Å². The molecule has 1 N–H and O–H groups in total. The smallest absolute Gasteiger partial charge is 0.409 e. The van der Waals surface area contributed by atoms with Gasteiger partial charge in [-0.1, -0.05) is 0 Å². The van der Waals surface area contributed by atoms with Gasteiger partial charge in [-0.15, -0.1) is 0 Å². The number of rotatable bonds is 4. The van der Waals surface area contributed by atoms with Crippen LogP contribution in [0.5, 0.6) is 0 Å².